The number of hydrogen-bond acceptors (Lipinski definition) is 3. The summed E-state index contributed by atoms with van der Waals surface area (Å²) in [5.41, 5.74) is 0. The summed E-state index contributed by atoms with van der Waals surface area (Å²) >= 11 is 0. The molecule has 1 saturated heterocycles. The van der Waals surface area contributed by atoms with Crippen LogP contribution in [0.1, 0.15) is 26.2 Å². The van der Waals surface area contributed by atoms with Crippen molar-refractivity contribution in [2.45, 2.75) is 38.3 Å². The quantitative estimate of drug-likeness (QED) is 0.601. The molecule has 0 aromatic heterocycles. The van der Waals surface area contributed by atoms with Gasteiger partial charge in [-0.1, -0.05) is 13.3 Å². The minimum Gasteiger partial charge on any atom is -0.380 e. The van der Waals surface area contributed by atoms with E-state index in [2.05, 4.69) is 17.6 Å². The van der Waals surface area contributed by atoms with Gasteiger partial charge in [0.1, 0.15) is 0 Å². The van der Waals surface area contributed by atoms with E-state index in [-0.39, 0.29) is 0 Å². The zero-order valence-corrected chi connectivity index (χ0v) is 8.81. The van der Waals surface area contributed by atoms with Gasteiger partial charge in [-0.3, -0.25) is 0 Å². The minimum atomic E-state index is 0.429. The van der Waals surface area contributed by atoms with Crippen LogP contribution in [0.2, 0.25) is 0 Å². The van der Waals surface area contributed by atoms with E-state index >= 15 is 0 Å². The van der Waals surface area contributed by atoms with Gasteiger partial charge in [-0.25, -0.2) is 0 Å². The Morgan fingerprint density at radius 3 is 3.00 bits per heavy atom. The van der Waals surface area contributed by atoms with Crippen molar-refractivity contribution in [2.75, 3.05) is 26.7 Å². The van der Waals surface area contributed by atoms with Gasteiger partial charge in [-0.15, -0.1) is 0 Å². The van der Waals surface area contributed by atoms with Crippen LogP contribution < -0.4 is 10.6 Å². The van der Waals surface area contributed by atoms with Crippen molar-refractivity contribution in [3.63, 3.8) is 0 Å². The highest BCUT2D eigenvalue weighted by molar-refractivity contribution is 4.83. The van der Waals surface area contributed by atoms with Crippen molar-refractivity contribution >= 4 is 0 Å². The Morgan fingerprint density at radius 2 is 2.38 bits per heavy atom. The molecule has 0 aliphatic carbocycles. The van der Waals surface area contributed by atoms with Crippen LogP contribution in [-0.4, -0.2) is 38.9 Å². The molecule has 0 amide bonds. The Morgan fingerprint density at radius 1 is 1.54 bits per heavy atom. The van der Waals surface area contributed by atoms with Crippen molar-refractivity contribution in [3.8, 4) is 0 Å². The topological polar surface area (TPSA) is 33.3 Å². The van der Waals surface area contributed by atoms with Gasteiger partial charge in [0.15, 0.2) is 0 Å². The predicted molar refractivity (Wildman–Crippen MR) is 55.0 cm³/mol. The molecule has 3 nitrogen and oxygen atoms in total. The Bertz CT molecular complexity index is 130. The number of unbranched alkanes of at least 4 members (excludes halogenated alkanes) is 1. The monoisotopic (exact) mass is 186 g/mol. The summed E-state index contributed by atoms with van der Waals surface area (Å²) in [7, 11) is 1.79. The number of methoxy groups -OCH3 is 1. The van der Waals surface area contributed by atoms with E-state index < -0.39 is 0 Å². The van der Waals surface area contributed by atoms with E-state index in [1.54, 1.807) is 7.11 Å². The molecule has 0 radical (unpaired) electrons. The van der Waals surface area contributed by atoms with Gasteiger partial charge in [0.05, 0.1) is 6.10 Å². The smallest absolute Gasteiger partial charge is 0.0711 e. The second kappa shape index (κ2) is 6.35. The fourth-order valence-electron chi connectivity index (χ4n) is 1.70. The van der Waals surface area contributed by atoms with Gasteiger partial charge in [0.25, 0.3) is 0 Å². The van der Waals surface area contributed by atoms with Crippen LogP contribution in [0.5, 0.6) is 0 Å². The SMILES string of the molecule is CCCCNCC1CC(OC)CN1. The lowest BCUT2D eigenvalue weighted by atomic mass is 10.2. The molecule has 1 fully saturated rings. The maximum absolute atomic E-state index is 5.28. The summed E-state index contributed by atoms with van der Waals surface area (Å²) in [4.78, 5) is 0. The number of nitrogens with one attached hydrogen (secondary N) is 2. The van der Waals surface area contributed by atoms with Crippen LogP contribution in [0.15, 0.2) is 0 Å². The van der Waals surface area contributed by atoms with Gasteiger partial charge < -0.3 is 15.4 Å². The largest absolute Gasteiger partial charge is 0.380 e. The van der Waals surface area contributed by atoms with E-state index in [0.29, 0.717) is 12.1 Å². The van der Waals surface area contributed by atoms with E-state index in [9.17, 15) is 0 Å². The zero-order valence-electron chi connectivity index (χ0n) is 8.81. The lowest BCUT2D eigenvalue weighted by Gasteiger charge is -2.11. The van der Waals surface area contributed by atoms with E-state index in [4.69, 9.17) is 4.74 Å². The molecule has 1 aliphatic heterocycles. The predicted octanol–water partition coefficient (Wildman–Crippen LogP) is 0.753. The molecule has 0 aromatic rings. The molecule has 1 aliphatic rings. The van der Waals surface area contributed by atoms with Crippen molar-refractivity contribution in [2.24, 2.45) is 0 Å². The average molecular weight is 186 g/mol. The first-order chi connectivity index (χ1) is 6.36. The Kier molecular flexibility index (Phi) is 5.35. The highest BCUT2D eigenvalue weighted by atomic mass is 16.5. The normalized spacial score (nSPS) is 28.2. The third-order valence-corrected chi connectivity index (χ3v) is 2.61. The molecule has 0 aromatic carbocycles. The number of hydrogen-bond donors (Lipinski definition) is 2. The molecule has 2 atom stereocenters. The summed E-state index contributed by atoms with van der Waals surface area (Å²) in [6.45, 7) is 5.46. The van der Waals surface area contributed by atoms with Crippen LogP contribution in [0.25, 0.3) is 0 Å². The average Bonchev–Trinajstić information content (AvgIpc) is 2.60. The molecule has 0 saturated carbocycles. The van der Waals surface area contributed by atoms with Crippen molar-refractivity contribution < 1.29 is 4.74 Å². The molecule has 13 heavy (non-hydrogen) atoms. The molecule has 1 heterocycles. The summed E-state index contributed by atoms with van der Waals surface area (Å²) in [5.74, 6) is 0. The zero-order chi connectivity index (χ0) is 9.52. The van der Waals surface area contributed by atoms with Gasteiger partial charge in [-0.05, 0) is 19.4 Å². The first-order valence-corrected chi connectivity index (χ1v) is 5.33. The third kappa shape index (κ3) is 4.07. The van der Waals surface area contributed by atoms with E-state index in [0.717, 1.165) is 26.1 Å². The first-order valence-electron chi connectivity index (χ1n) is 5.33. The Balaban J connectivity index is 1.97. The van der Waals surface area contributed by atoms with Crippen molar-refractivity contribution in [1.82, 2.24) is 10.6 Å². The Labute approximate surface area is 81.2 Å². The van der Waals surface area contributed by atoms with Crippen LogP contribution >= 0.6 is 0 Å². The summed E-state index contributed by atoms with van der Waals surface area (Å²) in [6, 6.07) is 0.613. The maximum Gasteiger partial charge on any atom is 0.0711 e. The van der Waals surface area contributed by atoms with Crippen molar-refractivity contribution in [3.05, 3.63) is 0 Å². The highest BCUT2D eigenvalue weighted by Crippen LogP contribution is 2.08. The molecule has 1 rings (SSSR count). The van der Waals surface area contributed by atoms with Gasteiger partial charge in [-0.2, -0.15) is 0 Å². The van der Waals surface area contributed by atoms with Crippen molar-refractivity contribution in [1.29, 1.82) is 0 Å². The van der Waals surface area contributed by atoms with Crippen LogP contribution in [0.3, 0.4) is 0 Å². The minimum absolute atomic E-state index is 0.429. The summed E-state index contributed by atoms with van der Waals surface area (Å²) in [6.07, 6.45) is 4.12. The van der Waals surface area contributed by atoms with Gasteiger partial charge in [0, 0.05) is 26.2 Å². The molecule has 2 N–H and O–H groups in total. The lowest BCUT2D eigenvalue weighted by Crippen LogP contribution is -2.34. The summed E-state index contributed by atoms with van der Waals surface area (Å²) < 4.78 is 5.28. The molecule has 0 spiro atoms. The Hall–Kier alpha value is -0.120. The lowest BCUT2D eigenvalue weighted by molar-refractivity contribution is 0.117. The fraction of sp³-hybridized carbons (Fsp3) is 1.00. The number of ether oxygens (including phenoxy) is 1. The first kappa shape index (κ1) is 11.0. The van der Waals surface area contributed by atoms with E-state index in [1.165, 1.54) is 12.8 Å². The molecular weight excluding hydrogens is 164 g/mol. The van der Waals surface area contributed by atoms with Gasteiger partial charge >= 0.3 is 0 Å². The third-order valence-electron chi connectivity index (χ3n) is 2.61. The van der Waals surface area contributed by atoms with E-state index in [1.807, 2.05) is 0 Å². The molecule has 78 valence electrons. The fourth-order valence-corrected chi connectivity index (χ4v) is 1.70. The second-order valence-electron chi connectivity index (χ2n) is 3.76. The molecular formula is C10H22N2O. The van der Waals surface area contributed by atoms with Crippen LogP contribution in [0, 0.1) is 0 Å². The highest BCUT2D eigenvalue weighted by Gasteiger charge is 2.22. The van der Waals surface area contributed by atoms with Gasteiger partial charge in [0.2, 0.25) is 0 Å². The molecule has 3 heteroatoms. The summed E-state index contributed by atoms with van der Waals surface area (Å²) in [5, 5.41) is 6.90. The molecule has 0 bridgehead atoms. The molecule has 2 unspecified atom stereocenters. The second-order valence-corrected chi connectivity index (χ2v) is 3.76. The maximum atomic E-state index is 5.28. The van der Waals surface area contributed by atoms with Crippen LogP contribution in [0.4, 0.5) is 0 Å². The van der Waals surface area contributed by atoms with Crippen LogP contribution in [-0.2, 0) is 4.74 Å². The standard InChI is InChI=1S/C10H22N2O/c1-3-4-5-11-7-9-6-10(13-2)8-12-9/h9-12H,3-8H2,1-2H3. The number of rotatable bonds is 6.